The van der Waals surface area contributed by atoms with E-state index in [0.29, 0.717) is 0 Å². The van der Waals surface area contributed by atoms with Crippen molar-refractivity contribution in [3.05, 3.63) is 95.9 Å². The fraction of sp³-hybridized carbons (Fsp3) is 0.0870. The number of pyridine rings is 1. The number of nitrogens with zero attached hydrogens (tertiary/aromatic N) is 1. The summed E-state index contributed by atoms with van der Waals surface area (Å²) < 4.78 is 9.92. The molecule has 0 unspecified atom stereocenters. The van der Waals surface area contributed by atoms with Crippen LogP contribution in [0.15, 0.2) is 84.8 Å². The first kappa shape index (κ1) is 19.8. The van der Waals surface area contributed by atoms with E-state index in [-0.39, 0.29) is 12.3 Å². The Hall–Kier alpha value is -3.93. The molecule has 146 valence electrons. The molecule has 0 saturated carbocycles. The van der Waals surface area contributed by atoms with Crippen LogP contribution in [0.2, 0.25) is 0 Å². The molecule has 0 aliphatic carbocycles. The second-order valence-corrected chi connectivity index (χ2v) is 6.10. The van der Waals surface area contributed by atoms with Gasteiger partial charge in [-0.1, -0.05) is 60.7 Å². The van der Waals surface area contributed by atoms with E-state index >= 15 is 0 Å². The van der Waals surface area contributed by atoms with Crippen molar-refractivity contribution < 1.29 is 19.1 Å². The van der Waals surface area contributed by atoms with Crippen LogP contribution in [0.5, 0.6) is 0 Å². The topological polar surface area (TPSA) is 77.5 Å². The first-order chi connectivity index (χ1) is 14.2. The maximum absolute atomic E-state index is 12.1. The minimum absolute atomic E-state index is 0.0142. The van der Waals surface area contributed by atoms with E-state index in [1.54, 1.807) is 12.4 Å². The minimum Gasteiger partial charge on any atom is -0.464 e. The summed E-state index contributed by atoms with van der Waals surface area (Å²) in [7, 11) is 1.25. The summed E-state index contributed by atoms with van der Waals surface area (Å²) in [5, 5.41) is 2.45. The highest BCUT2D eigenvalue weighted by atomic mass is 16.6. The molecule has 1 N–H and O–H groups in total. The Kier molecular flexibility index (Phi) is 6.73. The summed E-state index contributed by atoms with van der Waals surface area (Å²) in [4.78, 5) is 28.2. The van der Waals surface area contributed by atoms with Gasteiger partial charge in [-0.05, 0) is 34.4 Å². The molecule has 0 aliphatic heterocycles. The van der Waals surface area contributed by atoms with E-state index in [1.807, 2.05) is 66.7 Å². The van der Waals surface area contributed by atoms with Gasteiger partial charge in [-0.2, -0.15) is 0 Å². The molecule has 1 heterocycles. The number of methoxy groups -OCH3 is 1. The summed E-state index contributed by atoms with van der Waals surface area (Å²) in [6, 6.07) is 20.6. The van der Waals surface area contributed by atoms with Crippen LogP contribution < -0.4 is 5.32 Å². The van der Waals surface area contributed by atoms with E-state index in [1.165, 1.54) is 13.2 Å². The molecule has 6 nitrogen and oxygen atoms in total. The molecule has 0 atom stereocenters. The third kappa shape index (κ3) is 5.77. The van der Waals surface area contributed by atoms with Gasteiger partial charge in [-0.15, -0.1) is 0 Å². The van der Waals surface area contributed by atoms with Gasteiger partial charge in [0.25, 0.3) is 0 Å². The normalized spacial score (nSPS) is 10.9. The number of rotatable bonds is 6. The number of amides is 1. The van der Waals surface area contributed by atoms with Crippen LogP contribution in [-0.2, 0) is 20.9 Å². The van der Waals surface area contributed by atoms with E-state index < -0.39 is 12.1 Å². The van der Waals surface area contributed by atoms with Crippen molar-refractivity contribution in [3.63, 3.8) is 0 Å². The Morgan fingerprint density at radius 2 is 1.72 bits per heavy atom. The number of nitrogens with one attached hydrogen (secondary N) is 1. The van der Waals surface area contributed by atoms with Gasteiger partial charge in [0, 0.05) is 12.4 Å². The monoisotopic (exact) mass is 388 g/mol. The molecular weight excluding hydrogens is 368 g/mol. The van der Waals surface area contributed by atoms with Gasteiger partial charge in [-0.25, -0.2) is 9.59 Å². The number of aromatic nitrogens is 1. The van der Waals surface area contributed by atoms with Gasteiger partial charge in [0.05, 0.1) is 7.11 Å². The van der Waals surface area contributed by atoms with Crippen LogP contribution in [0.3, 0.4) is 0 Å². The average Bonchev–Trinajstić information content (AvgIpc) is 2.78. The number of esters is 1. The number of ether oxygens (including phenoxy) is 2. The zero-order valence-electron chi connectivity index (χ0n) is 15.9. The van der Waals surface area contributed by atoms with Crippen LogP contribution in [-0.4, -0.2) is 24.2 Å². The maximum Gasteiger partial charge on any atom is 0.412 e. The molecule has 3 rings (SSSR count). The van der Waals surface area contributed by atoms with Crippen molar-refractivity contribution in [2.45, 2.75) is 6.61 Å². The van der Waals surface area contributed by atoms with Crippen molar-refractivity contribution in [2.24, 2.45) is 0 Å². The molecule has 1 amide bonds. The van der Waals surface area contributed by atoms with Crippen LogP contribution in [0, 0.1) is 0 Å². The highest BCUT2D eigenvalue weighted by molar-refractivity contribution is 5.96. The molecule has 29 heavy (non-hydrogen) atoms. The number of benzene rings is 2. The standard InChI is InChI=1S/C23H20N2O4/c1-28-22(26)21(25-23(27)29-16-18-6-3-2-4-7-18)14-17-9-11-19(12-10-17)20-8-5-13-24-15-20/h2-15H,16H2,1H3,(H,25,27)/b21-14+. The summed E-state index contributed by atoms with van der Waals surface area (Å²) in [6.07, 6.45) is 4.28. The smallest absolute Gasteiger partial charge is 0.412 e. The number of hydrogen-bond acceptors (Lipinski definition) is 5. The summed E-state index contributed by atoms with van der Waals surface area (Å²) in [6.45, 7) is 0.0981. The van der Waals surface area contributed by atoms with E-state index in [0.717, 1.165) is 22.3 Å². The zero-order valence-corrected chi connectivity index (χ0v) is 15.9. The minimum atomic E-state index is -0.738. The Bertz CT molecular complexity index is 984. The summed E-state index contributed by atoms with van der Waals surface area (Å²) in [5.41, 5.74) is 3.53. The molecule has 1 aromatic heterocycles. The molecule has 2 aromatic carbocycles. The molecule has 0 aliphatic rings. The van der Waals surface area contributed by atoms with Crippen molar-refractivity contribution in [1.82, 2.24) is 10.3 Å². The molecule has 6 heteroatoms. The molecule has 0 spiro atoms. The van der Waals surface area contributed by atoms with Crippen LogP contribution in [0.4, 0.5) is 4.79 Å². The lowest BCUT2D eigenvalue weighted by Gasteiger charge is -2.09. The predicted molar refractivity (Wildman–Crippen MR) is 109 cm³/mol. The summed E-state index contributed by atoms with van der Waals surface area (Å²) in [5.74, 6) is -0.669. The average molecular weight is 388 g/mol. The predicted octanol–water partition coefficient (Wildman–Crippen LogP) is 4.19. The third-order valence-electron chi connectivity index (χ3n) is 4.07. The lowest BCUT2D eigenvalue weighted by Crippen LogP contribution is -2.28. The van der Waals surface area contributed by atoms with Gasteiger partial charge >= 0.3 is 12.1 Å². The van der Waals surface area contributed by atoms with Gasteiger partial charge in [0.2, 0.25) is 0 Å². The lowest BCUT2D eigenvalue weighted by atomic mass is 10.1. The lowest BCUT2D eigenvalue weighted by molar-refractivity contribution is -0.136. The molecule has 0 saturated heterocycles. The molecular formula is C23H20N2O4. The van der Waals surface area contributed by atoms with Crippen molar-refractivity contribution in [3.8, 4) is 11.1 Å². The second-order valence-electron chi connectivity index (χ2n) is 6.10. The Morgan fingerprint density at radius 3 is 2.38 bits per heavy atom. The third-order valence-corrected chi connectivity index (χ3v) is 4.07. The van der Waals surface area contributed by atoms with Crippen molar-refractivity contribution in [2.75, 3.05) is 7.11 Å². The molecule has 0 bridgehead atoms. The van der Waals surface area contributed by atoms with Crippen LogP contribution in [0.25, 0.3) is 17.2 Å². The SMILES string of the molecule is COC(=O)/C(=C\c1ccc(-c2cccnc2)cc1)NC(=O)OCc1ccccc1. The zero-order chi connectivity index (χ0) is 20.5. The van der Waals surface area contributed by atoms with E-state index in [2.05, 4.69) is 10.3 Å². The Morgan fingerprint density at radius 1 is 0.966 bits per heavy atom. The number of carbonyl (C=O) groups is 2. The second kappa shape index (κ2) is 9.85. The quantitative estimate of drug-likeness (QED) is 0.506. The van der Waals surface area contributed by atoms with E-state index in [9.17, 15) is 9.59 Å². The Balaban J connectivity index is 1.70. The van der Waals surface area contributed by atoms with Crippen LogP contribution >= 0.6 is 0 Å². The van der Waals surface area contributed by atoms with Gasteiger partial charge < -0.3 is 9.47 Å². The fourth-order valence-electron chi connectivity index (χ4n) is 2.60. The summed E-state index contributed by atoms with van der Waals surface area (Å²) >= 11 is 0. The number of carbonyl (C=O) groups excluding carboxylic acids is 2. The highest BCUT2D eigenvalue weighted by Crippen LogP contribution is 2.19. The van der Waals surface area contributed by atoms with Gasteiger partial charge in [-0.3, -0.25) is 10.3 Å². The number of alkyl carbamates (subject to hydrolysis) is 1. The highest BCUT2D eigenvalue weighted by Gasteiger charge is 2.14. The number of hydrogen-bond donors (Lipinski definition) is 1. The van der Waals surface area contributed by atoms with Crippen LogP contribution in [0.1, 0.15) is 11.1 Å². The Labute approximate surface area is 168 Å². The largest absolute Gasteiger partial charge is 0.464 e. The molecule has 0 radical (unpaired) electrons. The first-order valence-corrected chi connectivity index (χ1v) is 8.94. The maximum atomic E-state index is 12.1. The molecule has 3 aromatic rings. The van der Waals surface area contributed by atoms with Gasteiger partial charge in [0.15, 0.2) is 0 Å². The van der Waals surface area contributed by atoms with Crippen molar-refractivity contribution in [1.29, 1.82) is 0 Å². The van der Waals surface area contributed by atoms with E-state index in [4.69, 9.17) is 9.47 Å². The van der Waals surface area contributed by atoms with Gasteiger partial charge in [0.1, 0.15) is 12.3 Å². The van der Waals surface area contributed by atoms with Crippen molar-refractivity contribution >= 4 is 18.1 Å². The first-order valence-electron chi connectivity index (χ1n) is 8.94. The fourth-order valence-corrected chi connectivity index (χ4v) is 2.60. The molecule has 0 fully saturated rings.